The van der Waals surface area contributed by atoms with Crippen molar-refractivity contribution in [1.29, 1.82) is 5.26 Å². The van der Waals surface area contributed by atoms with E-state index in [-0.39, 0.29) is 4.91 Å². The zero-order valence-electron chi connectivity index (χ0n) is 13.5. The maximum absolute atomic E-state index is 12.3. The number of carbonyl (C=O) groups is 3. The van der Waals surface area contributed by atoms with Crippen LogP contribution in [-0.4, -0.2) is 34.2 Å². The number of benzene rings is 1. The third kappa shape index (κ3) is 4.46. The van der Waals surface area contributed by atoms with Crippen LogP contribution < -0.4 is 0 Å². The average molecular weight is 344 g/mol. The van der Waals surface area contributed by atoms with Crippen molar-refractivity contribution < 1.29 is 19.1 Å². The summed E-state index contributed by atoms with van der Waals surface area (Å²) in [5.74, 6) is -1.16. The van der Waals surface area contributed by atoms with Crippen LogP contribution in [0, 0.1) is 11.3 Å². The molecule has 2 rings (SSSR count). The molecular formula is C17H16N2O4S. The molecule has 1 aliphatic rings. The van der Waals surface area contributed by atoms with E-state index in [4.69, 9.17) is 10.00 Å². The van der Waals surface area contributed by atoms with Crippen molar-refractivity contribution in [2.24, 2.45) is 0 Å². The van der Waals surface area contributed by atoms with Crippen LogP contribution in [0.25, 0.3) is 6.08 Å². The minimum absolute atomic E-state index is 0.230. The predicted molar refractivity (Wildman–Crippen MR) is 89.7 cm³/mol. The molecule has 0 atom stereocenters. The van der Waals surface area contributed by atoms with Gasteiger partial charge in [0.15, 0.2) is 0 Å². The highest BCUT2D eigenvalue weighted by Gasteiger charge is 2.37. The molecule has 24 heavy (non-hydrogen) atoms. The lowest BCUT2D eigenvalue weighted by Crippen LogP contribution is -2.37. The van der Waals surface area contributed by atoms with Crippen LogP contribution in [0.5, 0.6) is 0 Å². The molecule has 0 bridgehead atoms. The number of hydrogen-bond acceptors (Lipinski definition) is 6. The largest absolute Gasteiger partial charge is 0.459 e. The van der Waals surface area contributed by atoms with Gasteiger partial charge >= 0.3 is 5.97 Å². The Hall–Kier alpha value is -2.59. The lowest BCUT2D eigenvalue weighted by atomic mass is 10.1. The summed E-state index contributed by atoms with van der Waals surface area (Å²) in [5.41, 5.74) is 0.513. The summed E-state index contributed by atoms with van der Waals surface area (Å²) in [6.07, 6.45) is 1.56. The Morgan fingerprint density at radius 2 is 1.92 bits per heavy atom. The zero-order valence-corrected chi connectivity index (χ0v) is 14.3. The van der Waals surface area contributed by atoms with Crippen LogP contribution in [0.2, 0.25) is 0 Å². The topological polar surface area (TPSA) is 87.5 Å². The Morgan fingerprint density at radius 3 is 2.46 bits per heavy atom. The number of rotatable bonds is 3. The fraction of sp³-hybridized carbons (Fsp3) is 0.294. The summed E-state index contributed by atoms with van der Waals surface area (Å²) in [7, 11) is 0. The minimum atomic E-state index is -0.683. The Balaban J connectivity index is 2.11. The molecule has 1 aromatic carbocycles. The van der Waals surface area contributed by atoms with Gasteiger partial charge in [-0.05, 0) is 56.3 Å². The fourth-order valence-corrected chi connectivity index (χ4v) is 2.78. The van der Waals surface area contributed by atoms with E-state index in [1.54, 1.807) is 51.1 Å². The van der Waals surface area contributed by atoms with Gasteiger partial charge in [0.25, 0.3) is 11.1 Å². The quantitative estimate of drug-likeness (QED) is 0.619. The summed E-state index contributed by atoms with van der Waals surface area (Å²) < 4.78 is 5.13. The number of hydrogen-bond donors (Lipinski definition) is 0. The zero-order chi connectivity index (χ0) is 17.9. The van der Waals surface area contributed by atoms with E-state index in [1.807, 2.05) is 6.07 Å². The Labute approximate surface area is 144 Å². The van der Waals surface area contributed by atoms with Crippen molar-refractivity contribution in [3.8, 4) is 6.07 Å². The molecule has 0 N–H and O–H groups in total. The Kier molecular flexibility index (Phi) is 5.10. The summed E-state index contributed by atoms with van der Waals surface area (Å²) in [4.78, 5) is 37.2. The first-order valence-corrected chi connectivity index (χ1v) is 7.98. The second-order valence-electron chi connectivity index (χ2n) is 6.09. The number of amides is 2. The molecule has 0 aromatic heterocycles. The van der Waals surface area contributed by atoms with E-state index in [9.17, 15) is 14.4 Å². The minimum Gasteiger partial charge on any atom is -0.459 e. The third-order valence-corrected chi connectivity index (χ3v) is 3.83. The second kappa shape index (κ2) is 6.89. The lowest BCUT2D eigenvalue weighted by Gasteiger charge is -2.21. The maximum Gasteiger partial charge on any atom is 0.326 e. The Bertz CT molecular complexity index is 754. The number of carbonyl (C=O) groups excluding carboxylic acids is 3. The molecule has 1 aromatic rings. The molecule has 124 valence electrons. The van der Waals surface area contributed by atoms with Gasteiger partial charge in [-0.2, -0.15) is 5.26 Å². The molecule has 0 saturated carbocycles. The standard InChI is InChI=1S/C17H16N2O4S/c1-17(2,3)23-14(20)10-19-15(21)13(24-16(19)22)8-11-4-6-12(9-18)7-5-11/h4-8H,10H2,1-3H3. The lowest BCUT2D eigenvalue weighted by molar-refractivity contribution is -0.156. The molecule has 0 radical (unpaired) electrons. The molecule has 2 amide bonds. The van der Waals surface area contributed by atoms with Gasteiger partial charge in [0.1, 0.15) is 12.1 Å². The first-order chi connectivity index (χ1) is 11.2. The molecule has 1 fully saturated rings. The smallest absolute Gasteiger partial charge is 0.326 e. The first kappa shape index (κ1) is 17.8. The average Bonchev–Trinajstić information content (AvgIpc) is 2.74. The number of thioether (sulfide) groups is 1. The van der Waals surface area contributed by atoms with Gasteiger partial charge in [-0.1, -0.05) is 12.1 Å². The molecule has 1 aliphatic heterocycles. The van der Waals surface area contributed by atoms with Crippen LogP contribution in [0.15, 0.2) is 29.2 Å². The molecule has 1 saturated heterocycles. The molecule has 0 spiro atoms. The van der Waals surface area contributed by atoms with Crippen LogP contribution in [0.4, 0.5) is 4.79 Å². The third-order valence-electron chi connectivity index (χ3n) is 2.92. The normalized spacial score (nSPS) is 16.4. The van der Waals surface area contributed by atoms with Gasteiger partial charge in [0.2, 0.25) is 0 Å². The molecule has 0 unspecified atom stereocenters. The maximum atomic E-state index is 12.3. The molecular weight excluding hydrogens is 328 g/mol. The highest BCUT2D eigenvalue weighted by Crippen LogP contribution is 2.32. The summed E-state index contributed by atoms with van der Waals surface area (Å²) in [6.45, 7) is 4.73. The number of nitriles is 1. The summed E-state index contributed by atoms with van der Waals surface area (Å²) in [5, 5.41) is 8.26. The van der Waals surface area contributed by atoms with Gasteiger partial charge in [-0.3, -0.25) is 19.3 Å². The molecule has 7 heteroatoms. The van der Waals surface area contributed by atoms with Gasteiger partial charge in [0.05, 0.1) is 16.5 Å². The number of ether oxygens (including phenoxy) is 1. The van der Waals surface area contributed by atoms with Gasteiger partial charge in [-0.25, -0.2) is 0 Å². The van der Waals surface area contributed by atoms with Crippen LogP contribution >= 0.6 is 11.8 Å². The monoisotopic (exact) mass is 344 g/mol. The highest BCUT2D eigenvalue weighted by atomic mass is 32.2. The van der Waals surface area contributed by atoms with Crippen LogP contribution in [-0.2, 0) is 14.3 Å². The van der Waals surface area contributed by atoms with Gasteiger partial charge in [-0.15, -0.1) is 0 Å². The van der Waals surface area contributed by atoms with E-state index in [1.165, 1.54) is 0 Å². The van der Waals surface area contributed by atoms with Gasteiger partial charge < -0.3 is 4.74 Å². The predicted octanol–water partition coefficient (Wildman–Crippen LogP) is 2.94. The van der Waals surface area contributed by atoms with Crippen molar-refractivity contribution in [3.63, 3.8) is 0 Å². The number of nitrogens with zero attached hydrogens (tertiary/aromatic N) is 2. The van der Waals surface area contributed by atoms with Crippen LogP contribution in [0.3, 0.4) is 0 Å². The summed E-state index contributed by atoms with van der Waals surface area (Å²) >= 11 is 0.772. The Morgan fingerprint density at radius 1 is 1.29 bits per heavy atom. The first-order valence-electron chi connectivity index (χ1n) is 7.17. The molecule has 0 aliphatic carbocycles. The highest BCUT2D eigenvalue weighted by molar-refractivity contribution is 8.18. The second-order valence-corrected chi connectivity index (χ2v) is 7.08. The molecule has 1 heterocycles. The van der Waals surface area contributed by atoms with Gasteiger partial charge in [0, 0.05) is 0 Å². The van der Waals surface area contributed by atoms with E-state index >= 15 is 0 Å². The van der Waals surface area contributed by atoms with Crippen LogP contribution in [0.1, 0.15) is 31.9 Å². The SMILES string of the molecule is CC(C)(C)OC(=O)CN1C(=O)SC(=Cc2ccc(C#N)cc2)C1=O. The van der Waals surface area contributed by atoms with Crippen molar-refractivity contribution in [3.05, 3.63) is 40.3 Å². The van der Waals surface area contributed by atoms with Crippen molar-refractivity contribution in [1.82, 2.24) is 4.90 Å². The van der Waals surface area contributed by atoms with E-state index in [0.29, 0.717) is 11.1 Å². The van der Waals surface area contributed by atoms with E-state index in [0.717, 1.165) is 16.7 Å². The van der Waals surface area contributed by atoms with E-state index < -0.39 is 29.3 Å². The fourth-order valence-electron chi connectivity index (χ4n) is 1.94. The number of esters is 1. The van der Waals surface area contributed by atoms with Crippen molar-refractivity contribution >= 4 is 35.0 Å². The molecule has 6 nitrogen and oxygen atoms in total. The summed E-state index contributed by atoms with van der Waals surface area (Å²) in [6, 6.07) is 8.61. The van der Waals surface area contributed by atoms with Crippen molar-refractivity contribution in [2.75, 3.05) is 6.54 Å². The van der Waals surface area contributed by atoms with Crippen molar-refractivity contribution in [2.45, 2.75) is 26.4 Å². The number of imide groups is 1. The van der Waals surface area contributed by atoms with E-state index in [2.05, 4.69) is 0 Å².